The number of aliphatic imine (C=N–C) groups is 1. The molecule has 1 unspecified atom stereocenters. The number of amidine groups is 1. The fraction of sp³-hybridized carbons (Fsp3) is 0.417. The molecule has 1 aromatic carbocycles. The zero-order valence-electron chi connectivity index (χ0n) is 19.8. The number of benzene rings is 1. The van der Waals surface area contributed by atoms with Crippen LogP contribution in [0.3, 0.4) is 0 Å². The lowest BCUT2D eigenvalue weighted by molar-refractivity contribution is 0.590. The SMILES string of the molecule is C=C(c1ncc(Cl)cc1NSP(C)c1ccc(C(C)(C)C)cc1)N(C)C(=NC)C(C)C. The standard InChI is InChI=1S/C24H34ClN4PS/c1-16(2)23(26-7)29(8)17(3)22-21(14-19(25)15-27-22)28-31-30(9)20-12-10-18(11-13-20)24(4,5)6/h10-16,28H,3H2,1-2,4-9H3. The number of nitrogens with one attached hydrogen (secondary N) is 1. The van der Waals surface area contributed by atoms with Gasteiger partial charge in [0.25, 0.3) is 0 Å². The Labute approximate surface area is 198 Å². The van der Waals surface area contributed by atoms with Gasteiger partial charge in [-0.05, 0) is 40.6 Å². The van der Waals surface area contributed by atoms with Crippen molar-refractivity contribution < 1.29 is 0 Å². The Morgan fingerprint density at radius 2 is 1.87 bits per heavy atom. The molecule has 1 aromatic heterocycles. The molecule has 1 N–H and O–H groups in total. The molecule has 31 heavy (non-hydrogen) atoms. The predicted octanol–water partition coefficient (Wildman–Crippen LogP) is 7.03. The lowest BCUT2D eigenvalue weighted by Gasteiger charge is -2.26. The molecule has 0 bridgehead atoms. The number of halogens is 1. The van der Waals surface area contributed by atoms with E-state index in [-0.39, 0.29) is 11.3 Å². The summed E-state index contributed by atoms with van der Waals surface area (Å²) in [5, 5.41) is 1.92. The van der Waals surface area contributed by atoms with E-state index in [1.165, 1.54) is 10.9 Å². The Morgan fingerprint density at radius 1 is 1.26 bits per heavy atom. The minimum absolute atomic E-state index is 0.158. The summed E-state index contributed by atoms with van der Waals surface area (Å²) in [6.07, 6.45) is 1.66. The Balaban J connectivity index is 2.20. The van der Waals surface area contributed by atoms with Gasteiger partial charge >= 0.3 is 0 Å². The van der Waals surface area contributed by atoms with E-state index in [0.717, 1.165) is 22.9 Å². The fourth-order valence-electron chi connectivity index (χ4n) is 3.18. The summed E-state index contributed by atoms with van der Waals surface area (Å²) < 4.78 is 3.49. The average Bonchev–Trinajstić information content (AvgIpc) is 2.71. The third kappa shape index (κ3) is 6.71. The molecule has 0 spiro atoms. The molecular formula is C24H34ClN4PS. The van der Waals surface area contributed by atoms with Gasteiger partial charge in [0.2, 0.25) is 0 Å². The minimum atomic E-state index is -0.462. The highest BCUT2D eigenvalue weighted by Gasteiger charge is 2.19. The van der Waals surface area contributed by atoms with Gasteiger partial charge in [-0.3, -0.25) is 9.98 Å². The third-order valence-corrected chi connectivity index (χ3v) is 8.56. The Morgan fingerprint density at radius 3 is 2.39 bits per heavy atom. The molecule has 0 fully saturated rings. The minimum Gasteiger partial charge on any atom is -0.332 e. The molecule has 0 aliphatic carbocycles. The summed E-state index contributed by atoms with van der Waals surface area (Å²) in [6, 6.07) is 10.8. The molecule has 2 aromatic rings. The smallest absolute Gasteiger partial charge is 0.110 e. The molecule has 7 heteroatoms. The number of anilines is 1. The number of rotatable bonds is 7. The van der Waals surface area contributed by atoms with Crippen LogP contribution < -0.4 is 10.0 Å². The van der Waals surface area contributed by atoms with Crippen molar-refractivity contribution in [3.05, 3.63) is 59.4 Å². The first-order valence-electron chi connectivity index (χ1n) is 10.3. The van der Waals surface area contributed by atoms with Crippen LogP contribution in [0.25, 0.3) is 5.70 Å². The Hall–Kier alpha value is -1.55. The van der Waals surface area contributed by atoms with E-state index in [9.17, 15) is 0 Å². The van der Waals surface area contributed by atoms with Gasteiger partial charge in [-0.2, -0.15) is 0 Å². The van der Waals surface area contributed by atoms with Gasteiger partial charge in [0, 0.05) is 33.3 Å². The van der Waals surface area contributed by atoms with Gasteiger partial charge in [0.05, 0.1) is 16.4 Å². The molecular weight excluding hydrogens is 443 g/mol. The van der Waals surface area contributed by atoms with E-state index in [2.05, 4.69) is 86.8 Å². The van der Waals surface area contributed by atoms with Gasteiger partial charge in [-0.15, -0.1) is 0 Å². The lowest BCUT2D eigenvalue weighted by atomic mass is 9.87. The molecule has 0 aliphatic heterocycles. The number of hydrogen-bond donors (Lipinski definition) is 1. The Bertz CT molecular complexity index is 936. The number of nitrogens with zero attached hydrogens (tertiary/aromatic N) is 3. The summed E-state index contributed by atoms with van der Waals surface area (Å²) >= 11 is 7.96. The van der Waals surface area contributed by atoms with E-state index in [1.54, 1.807) is 24.8 Å². The molecule has 0 saturated heterocycles. The molecule has 0 amide bonds. The fourth-order valence-corrected chi connectivity index (χ4v) is 5.79. The van der Waals surface area contributed by atoms with Crippen LogP contribution in [0.4, 0.5) is 5.69 Å². The van der Waals surface area contributed by atoms with Gasteiger partial charge < -0.3 is 9.62 Å². The van der Waals surface area contributed by atoms with Gasteiger partial charge in [-0.25, -0.2) is 0 Å². The second-order valence-corrected chi connectivity index (χ2v) is 13.3. The summed E-state index contributed by atoms with van der Waals surface area (Å²) in [5.74, 6) is 1.24. The van der Waals surface area contributed by atoms with Gasteiger partial charge in [0.15, 0.2) is 0 Å². The van der Waals surface area contributed by atoms with E-state index in [0.29, 0.717) is 5.02 Å². The Kier molecular flexibility index (Phi) is 9.00. The van der Waals surface area contributed by atoms with Gasteiger partial charge in [-0.1, -0.05) is 77.1 Å². The molecule has 0 aliphatic rings. The molecule has 4 nitrogen and oxygen atoms in total. The van der Waals surface area contributed by atoms with Crippen molar-refractivity contribution >= 4 is 52.8 Å². The van der Waals surface area contributed by atoms with Crippen LogP contribution in [-0.4, -0.2) is 36.5 Å². The normalized spacial score (nSPS) is 13.3. The summed E-state index contributed by atoms with van der Waals surface area (Å²) in [5.41, 5.74) is 3.91. The topological polar surface area (TPSA) is 40.5 Å². The average molecular weight is 477 g/mol. The quantitative estimate of drug-likeness (QED) is 0.201. The van der Waals surface area contributed by atoms with Crippen molar-refractivity contribution in [2.45, 2.75) is 40.0 Å². The van der Waals surface area contributed by atoms with Crippen LogP contribution in [0.15, 0.2) is 48.1 Å². The van der Waals surface area contributed by atoms with Crippen molar-refractivity contribution in [3.8, 4) is 0 Å². The highest BCUT2D eigenvalue weighted by molar-refractivity contribution is 8.58. The van der Waals surface area contributed by atoms with E-state index in [4.69, 9.17) is 11.6 Å². The summed E-state index contributed by atoms with van der Waals surface area (Å²) in [4.78, 5) is 11.0. The highest BCUT2D eigenvalue weighted by Crippen LogP contribution is 2.46. The van der Waals surface area contributed by atoms with Crippen LogP contribution in [0, 0.1) is 5.92 Å². The van der Waals surface area contributed by atoms with E-state index in [1.807, 2.05) is 18.0 Å². The number of hydrogen-bond acceptors (Lipinski definition) is 4. The molecule has 2 rings (SSSR count). The second kappa shape index (κ2) is 10.8. The second-order valence-electron chi connectivity index (χ2n) is 8.78. The monoisotopic (exact) mass is 476 g/mol. The number of aromatic nitrogens is 1. The van der Waals surface area contributed by atoms with Crippen LogP contribution in [0.5, 0.6) is 0 Å². The van der Waals surface area contributed by atoms with Crippen LogP contribution in [0.2, 0.25) is 5.02 Å². The summed E-state index contributed by atoms with van der Waals surface area (Å²) in [7, 11) is 3.32. The summed E-state index contributed by atoms with van der Waals surface area (Å²) in [6.45, 7) is 17.5. The van der Waals surface area contributed by atoms with Crippen molar-refractivity contribution in [3.63, 3.8) is 0 Å². The highest BCUT2D eigenvalue weighted by atomic mass is 35.5. The number of pyridine rings is 1. The molecule has 1 atom stereocenters. The third-order valence-electron chi connectivity index (χ3n) is 5.01. The van der Waals surface area contributed by atoms with Crippen LogP contribution in [0.1, 0.15) is 45.9 Å². The first-order chi connectivity index (χ1) is 14.5. The maximum atomic E-state index is 6.26. The van der Waals surface area contributed by atoms with E-state index >= 15 is 0 Å². The lowest BCUT2D eigenvalue weighted by Crippen LogP contribution is -2.29. The molecule has 0 radical (unpaired) electrons. The first kappa shape index (κ1) is 25.7. The van der Waals surface area contributed by atoms with E-state index < -0.39 is 7.12 Å². The predicted molar refractivity (Wildman–Crippen MR) is 143 cm³/mol. The molecule has 168 valence electrons. The molecule has 0 saturated carbocycles. The zero-order chi connectivity index (χ0) is 23.3. The zero-order valence-corrected chi connectivity index (χ0v) is 22.3. The maximum Gasteiger partial charge on any atom is 0.110 e. The van der Waals surface area contributed by atoms with Crippen LogP contribution in [-0.2, 0) is 5.41 Å². The van der Waals surface area contributed by atoms with Gasteiger partial charge in [0.1, 0.15) is 11.5 Å². The van der Waals surface area contributed by atoms with Crippen molar-refractivity contribution in [1.29, 1.82) is 0 Å². The van der Waals surface area contributed by atoms with Crippen LogP contribution >= 0.6 is 30.3 Å². The largest absolute Gasteiger partial charge is 0.332 e. The maximum absolute atomic E-state index is 6.26. The van der Waals surface area contributed by atoms with Crippen molar-refractivity contribution in [1.82, 2.24) is 9.88 Å². The first-order valence-corrected chi connectivity index (χ1v) is 13.9. The van der Waals surface area contributed by atoms with Crippen molar-refractivity contribution in [2.75, 3.05) is 25.5 Å². The van der Waals surface area contributed by atoms with Crippen molar-refractivity contribution in [2.24, 2.45) is 10.9 Å². The molecule has 1 heterocycles.